The lowest BCUT2D eigenvalue weighted by Gasteiger charge is -2.17. The average molecular weight is 295 g/mol. The standard InChI is InChI=1S/C13H17N3O3S/c1-3-15-13(17)9-16(2)20(18,19)10-12-7-5-4-6-11(12)8-14/h4-7H,3,9-10H2,1-2H3,(H,15,17). The number of hydrogen-bond acceptors (Lipinski definition) is 4. The molecule has 0 bridgehead atoms. The molecule has 0 saturated heterocycles. The highest BCUT2D eigenvalue weighted by Gasteiger charge is 2.22. The van der Waals surface area contributed by atoms with Crippen LogP contribution in [-0.4, -0.2) is 38.8 Å². The predicted molar refractivity (Wildman–Crippen MR) is 75.1 cm³/mol. The Hall–Kier alpha value is -1.91. The maximum atomic E-state index is 12.1. The van der Waals surface area contributed by atoms with Gasteiger partial charge in [-0.2, -0.15) is 9.57 Å². The molecule has 1 aromatic carbocycles. The van der Waals surface area contributed by atoms with Crippen molar-refractivity contribution in [2.45, 2.75) is 12.7 Å². The second-order valence-electron chi connectivity index (χ2n) is 4.23. The summed E-state index contributed by atoms with van der Waals surface area (Å²) in [6, 6.07) is 8.46. The third-order valence-electron chi connectivity index (χ3n) is 2.69. The van der Waals surface area contributed by atoms with Crippen LogP contribution in [0.3, 0.4) is 0 Å². The third-order valence-corrected chi connectivity index (χ3v) is 4.45. The highest BCUT2D eigenvalue weighted by molar-refractivity contribution is 7.88. The van der Waals surface area contributed by atoms with Gasteiger partial charge in [0.2, 0.25) is 15.9 Å². The zero-order chi connectivity index (χ0) is 15.2. The number of sulfonamides is 1. The monoisotopic (exact) mass is 295 g/mol. The molecule has 0 fully saturated rings. The molecule has 0 spiro atoms. The number of carbonyl (C=O) groups is 1. The van der Waals surface area contributed by atoms with Gasteiger partial charge >= 0.3 is 0 Å². The quantitative estimate of drug-likeness (QED) is 0.825. The minimum atomic E-state index is -3.64. The van der Waals surface area contributed by atoms with Crippen LogP contribution in [0.5, 0.6) is 0 Å². The number of nitrogens with zero attached hydrogens (tertiary/aromatic N) is 2. The van der Waals surface area contributed by atoms with Crippen molar-refractivity contribution in [1.82, 2.24) is 9.62 Å². The number of likely N-dealkylation sites (N-methyl/N-ethyl adjacent to an activating group) is 2. The molecule has 0 aliphatic carbocycles. The minimum absolute atomic E-state index is 0.231. The van der Waals surface area contributed by atoms with E-state index < -0.39 is 10.0 Å². The number of carbonyl (C=O) groups excluding carboxylic acids is 1. The maximum Gasteiger partial charge on any atom is 0.235 e. The first-order valence-electron chi connectivity index (χ1n) is 6.09. The van der Waals surface area contributed by atoms with Crippen molar-refractivity contribution in [3.8, 4) is 6.07 Å². The second-order valence-corrected chi connectivity index (χ2v) is 6.31. The highest BCUT2D eigenvalue weighted by Crippen LogP contribution is 2.13. The predicted octanol–water partition coefficient (Wildman–Crippen LogP) is 0.456. The fourth-order valence-corrected chi connectivity index (χ4v) is 2.79. The SMILES string of the molecule is CCNC(=O)CN(C)S(=O)(=O)Cc1ccccc1C#N. The van der Waals surface area contributed by atoms with Gasteiger partial charge < -0.3 is 5.32 Å². The zero-order valence-electron chi connectivity index (χ0n) is 11.5. The van der Waals surface area contributed by atoms with Crippen LogP contribution in [0.25, 0.3) is 0 Å². The maximum absolute atomic E-state index is 12.1. The van der Waals surface area contributed by atoms with Crippen LogP contribution >= 0.6 is 0 Å². The van der Waals surface area contributed by atoms with Crippen molar-refractivity contribution in [1.29, 1.82) is 5.26 Å². The van der Waals surface area contributed by atoms with E-state index in [1.54, 1.807) is 31.2 Å². The van der Waals surface area contributed by atoms with Gasteiger partial charge in [0.25, 0.3) is 0 Å². The van der Waals surface area contributed by atoms with Gasteiger partial charge in [0, 0.05) is 13.6 Å². The number of nitriles is 1. The summed E-state index contributed by atoms with van der Waals surface area (Å²) >= 11 is 0. The van der Waals surface area contributed by atoms with Gasteiger partial charge in [-0.25, -0.2) is 8.42 Å². The summed E-state index contributed by atoms with van der Waals surface area (Å²) in [5, 5.41) is 11.5. The van der Waals surface area contributed by atoms with E-state index in [2.05, 4.69) is 5.32 Å². The van der Waals surface area contributed by atoms with Crippen molar-refractivity contribution in [3.05, 3.63) is 35.4 Å². The molecule has 0 saturated carbocycles. The van der Waals surface area contributed by atoms with Gasteiger partial charge in [0.05, 0.1) is 23.9 Å². The van der Waals surface area contributed by atoms with Crippen molar-refractivity contribution in [2.24, 2.45) is 0 Å². The molecule has 1 rings (SSSR count). The first kappa shape index (κ1) is 16.1. The smallest absolute Gasteiger partial charge is 0.235 e. The first-order chi connectivity index (χ1) is 9.40. The Bertz CT molecular complexity index is 620. The van der Waals surface area contributed by atoms with Crippen LogP contribution in [0.4, 0.5) is 0 Å². The normalized spacial score (nSPS) is 11.1. The van der Waals surface area contributed by atoms with E-state index in [0.29, 0.717) is 17.7 Å². The van der Waals surface area contributed by atoms with Crippen LogP contribution in [0.2, 0.25) is 0 Å². The van der Waals surface area contributed by atoms with Gasteiger partial charge in [-0.1, -0.05) is 18.2 Å². The molecular formula is C13H17N3O3S. The molecule has 1 amide bonds. The lowest BCUT2D eigenvalue weighted by atomic mass is 10.1. The van der Waals surface area contributed by atoms with Crippen LogP contribution in [-0.2, 0) is 20.6 Å². The molecule has 0 atom stereocenters. The Morgan fingerprint density at radius 3 is 2.65 bits per heavy atom. The fraction of sp³-hybridized carbons (Fsp3) is 0.385. The number of amides is 1. The summed E-state index contributed by atoms with van der Waals surface area (Å²) in [5.41, 5.74) is 0.750. The van der Waals surface area contributed by atoms with E-state index in [-0.39, 0.29) is 18.2 Å². The highest BCUT2D eigenvalue weighted by atomic mass is 32.2. The molecule has 0 aromatic heterocycles. The van der Waals surface area contributed by atoms with Crippen LogP contribution in [0, 0.1) is 11.3 Å². The van der Waals surface area contributed by atoms with Gasteiger partial charge in [-0.05, 0) is 18.6 Å². The van der Waals surface area contributed by atoms with Crippen molar-refractivity contribution in [2.75, 3.05) is 20.1 Å². The van der Waals surface area contributed by atoms with Crippen molar-refractivity contribution in [3.63, 3.8) is 0 Å². The number of benzene rings is 1. The molecular weight excluding hydrogens is 278 g/mol. The minimum Gasteiger partial charge on any atom is -0.355 e. The Morgan fingerprint density at radius 2 is 2.05 bits per heavy atom. The summed E-state index contributed by atoms with van der Waals surface area (Å²) in [5.74, 6) is -0.653. The molecule has 0 unspecified atom stereocenters. The molecule has 1 N–H and O–H groups in total. The first-order valence-corrected chi connectivity index (χ1v) is 7.70. The van der Waals surface area contributed by atoms with Crippen LogP contribution in [0.15, 0.2) is 24.3 Å². The lowest BCUT2D eigenvalue weighted by Crippen LogP contribution is -2.38. The number of rotatable bonds is 6. The van der Waals surface area contributed by atoms with Gasteiger partial charge in [-0.15, -0.1) is 0 Å². The largest absolute Gasteiger partial charge is 0.355 e. The molecule has 108 valence electrons. The lowest BCUT2D eigenvalue weighted by molar-refractivity contribution is -0.121. The summed E-state index contributed by atoms with van der Waals surface area (Å²) in [6.07, 6.45) is 0. The molecule has 20 heavy (non-hydrogen) atoms. The summed E-state index contributed by atoms with van der Waals surface area (Å²) < 4.78 is 25.3. The van der Waals surface area contributed by atoms with E-state index in [4.69, 9.17) is 5.26 Å². The topological polar surface area (TPSA) is 90.3 Å². The van der Waals surface area contributed by atoms with E-state index in [1.807, 2.05) is 6.07 Å². The molecule has 7 heteroatoms. The number of nitrogens with one attached hydrogen (secondary N) is 1. The van der Waals surface area contributed by atoms with Gasteiger partial charge in [0.15, 0.2) is 0 Å². The zero-order valence-corrected chi connectivity index (χ0v) is 12.3. The number of hydrogen-bond donors (Lipinski definition) is 1. The van der Waals surface area contributed by atoms with Crippen molar-refractivity contribution >= 4 is 15.9 Å². The molecule has 1 aromatic rings. The Balaban J connectivity index is 2.84. The van der Waals surface area contributed by atoms with Crippen LogP contribution in [0.1, 0.15) is 18.1 Å². The molecule has 0 aliphatic rings. The van der Waals surface area contributed by atoms with Crippen molar-refractivity contribution < 1.29 is 13.2 Å². The van der Waals surface area contributed by atoms with Gasteiger partial charge in [0.1, 0.15) is 0 Å². The molecule has 6 nitrogen and oxygen atoms in total. The van der Waals surface area contributed by atoms with Crippen LogP contribution < -0.4 is 5.32 Å². The Labute approximate surface area is 119 Å². The fourth-order valence-electron chi connectivity index (χ4n) is 1.62. The summed E-state index contributed by atoms with van der Waals surface area (Å²) in [4.78, 5) is 11.4. The molecule has 0 aliphatic heterocycles. The molecule has 0 radical (unpaired) electrons. The van der Waals surface area contributed by atoms with E-state index in [1.165, 1.54) is 7.05 Å². The Morgan fingerprint density at radius 1 is 1.40 bits per heavy atom. The molecule has 0 heterocycles. The van der Waals surface area contributed by atoms with E-state index >= 15 is 0 Å². The van der Waals surface area contributed by atoms with E-state index in [9.17, 15) is 13.2 Å². The second kappa shape index (κ2) is 7.03. The van der Waals surface area contributed by atoms with Gasteiger partial charge in [-0.3, -0.25) is 4.79 Å². The summed E-state index contributed by atoms with van der Waals surface area (Å²) in [6.45, 7) is 1.98. The Kier molecular flexibility index (Phi) is 5.67. The van der Waals surface area contributed by atoms with E-state index in [0.717, 1.165) is 4.31 Å². The average Bonchev–Trinajstić information content (AvgIpc) is 2.39. The summed E-state index contributed by atoms with van der Waals surface area (Å²) in [7, 11) is -2.29. The third kappa shape index (κ3) is 4.33.